The monoisotopic (exact) mass is 536 g/mol. The van der Waals surface area contributed by atoms with Crippen molar-refractivity contribution in [2.75, 3.05) is 10.2 Å². The van der Waals surface area contributed by atoms with Gasteiger partial charge in [-0.3, -0.25) is 9.59 Å². The van der Waals surface area contributed by atoms with Crippen LogP contribution < -0.4 is 15.0 Å². The van der Waals surface area contributed by atoms with Gasteiger partial charge in [0.25, 0.3) is 11.8 Å². The molecule has 8 heteroatoms. The molecule has 1 aliphatic heterocycles. The number of nitrogens with zero attached hydrogens (tertiary/aromatic N) is 1. The minimum atomic E-state index is -0.593. The molecule has 37 heavy (non-hydrogen) atoms. The molecule has 0 saturated heterocycles. The van der Waals surface area contributed by atoms with Gasteiger partial charge in [0.2, 0.25) is 0 Å². The number of amides is 2. The highest BCUT2D eigenvalue weighted by Gasteiger charge is 2.38. The Bertz CT molecular complexity index is 1370. The number of imide groups is 1. The molecule has 0 spiro atoms. The van der Waals surface area contributed by atoms with Crippen LogP contribution in [0.5, 0.6) is 5.75 Å². The van der Waals surface area contributed by atoms with Crippen molar-refractivity contribution in [1.82, 2.24) is 0 Å². The molecular weight excluding hydrogens is 511 g/mol. The number of anilines is 2. The Morgan fingerprint density at radius 2 is 1.54 bits per heavy atom. The molecule has 190 valence electrons. The van der Waals surface area contributed by atoms with Crippen LogP contribution in [-0.2, 0) is 16.0 Å². The molecule has 0 aromatic heterocycles. The van der Waals surface area contributed by atoms with Crippen molar-refractivity contribution >= 4 is 52.4 Å². The number of nitrogens with one attached hydrogen (secondary N) is 1. The second kappa shape index (κ2) is 11.2. The summed E-state index contributed by atoms with van der Waals surface area (Å²) in [5.41, 5.74) is 4.00. The van der Waals surface area contributed by atoms with Gasteiger partial charge in [-0.2, -0.15) is 0 Å². The van der Waals surface area contributed by atoms with Crippen LogP contribution in [0.1, 0.15) is 46.8 Å². The maximum absolute atomic E-state index is 13.1. The second-order valence-electron chi connectivity index (χ2n) is 8.87. The standard InChI is InChI=1S/C29H26Cl2N2O4/c1-4-5-6-19-7-13-22(14-8-19)33-27(34)25(31)26(28(33)35)32-21-11-9-20(10-12-21)29(36)37-23-15-17(2)24(30)18(3)16-23/h7-16,32H,4-6H2,1-3H3. The molecule has 1 heterocycles. The molecule has 4 rings (SSSR count). The van der Waals surface area contributed by atoms with Gasteiger partial charge >= 0.3 is 5.97 Å². The third-order valence-corrected chi connectivity index (χ3v) is 7.00. The lowest BCUT2D eigenvalue weighted by molar-refractivity contribution is -0.120. The first kappa shape index (κ1) is 26.5. The van der Waals surface area contributed by atoms with Crippen LogP contribution in [0.4, 0.5) is 11.4 Å². The first-order chi connectivity index (χ1) is 17.7. The van der Waals surface area contributed by atoms with E-state index in [4.69, 9.17) is 27.9 Å². The summed E-state index contributed by atoms with van der Waals surface area (Å²) >= 11 is 12.4. The van der Waals surface area contributed by atoms with E-state index < -0.39 is 17.8 Å². The van der Waals surface area contributed by atoms with Gasteiger partial charge in [-0.15, -0.1) is 0 Å². The first-order valence-corrected chi connectivity index (χ1v) is 12.7. The SMILES string of the molecule is CCCCc1ccc(N2C(=O)C(Cl)=C(Nc3ccc(C(=O)Oc4cc(C)c(Cl)c(C)c4)cc3)C2=O)cc1. The number of hydrogen-bond donors (Lipinski definition) is 1. The van der Waals surface area contributed by atoms with E-state index in [2.05, 4.69) is 12.2 Å². The van der Waals surface area contributed by atoms with Crippen LogP contribution in [0.15, 0.2) is 71.4 Å². The predicted octanol–water partition coefficient (Wildman–Crippen LogP) is 6.95. The quantitative estimate of drug-likeness (QED) is 0.191. The molecule has 0 unspecified atom stereocenters. The highest BCUT2D eigenvalue weighted by Crippen LogP contribution is 2.31. The minimum absolute atomic E-state index is 0.0239. The van der Waals surface area contributed by atoms with Gasteiger partial charge in [-0.1, -0.05) is 48.7 Å². The number of hydrogen-bond acceptors (Lipinski definition) is 5. The Labute approximate surface area is 225 Å². The van der Waals surface area contributed by atoms with Gasteiger partial charge in [-0.05, 0) is 91.9 Å². The van der Waals surface area contributed by atoms with E-state index in [0.717, 1.165) is 40.9 Å². The molecule has 1 aliphatic rings. The fraction of sp³-hybridized carbons (Fsp3) is 0.207. The lowest BCUT2D eigenvalue weighted by Gasteiger charge is -2.15. The van der Waals surface area contributed by atoms with Crippen LogP contribution >= 0.6 is 23.2 Å². The van der Waals surface area contributed by atoms with Crippen LogP contribution in [0, 0.1) is 13.8 Å². The Hall–Kier alpha value is -3.61. The Kier molecular flexibility index (Phi) is 8.00. The maximum atomic E-state index is 13.1. The molecule has 0 bridgehead atoms. The number of aryl methyl sites for hydroxylation is 3. The molecule has 1 N–H and O–H groups in total. The minimum Gasteiger partial charge on any atom is -0.423 e. The van der Waals surface area contributed by atoms with Crippen LogP contribution in [0.2, 0.25) is 5.02 Å². The molecule has 0 saturated carbocycles. The zero-order valence-electron chi connectivity index (χ0n) is 20.7. The largest absolute Gasteiger partial charge is 0.423 e. The van der Waals surface area contributed by atoms with E-state index in [-0.39, 0.29) is 10.7 Å². The predicted molar refractivity (Wildman–Crippen MR) is 146 cm³/mol. The molecule has 0 fully saturated rings. The number of ether oxygens (including phenoxy) is 1. The van der Waals surface area contributed by atoms with Crippen molar-refractivity contribution in [1.29, 1.82) is 0 Å². The molecule has 2 amide bonds. The highest BCUT2D eigenvalue weighted by atomic mass is 35.5. The summed E-state index contributed by atoms with van der Waals surface area (Å²) in [6, 6.07) is 17.0. The lowest BCUT2D eigenvalue weighted by Crippen LogP contribution is -2.32. The third-order valence-electron chi connectivity index (χ3n) is 6.05. The number of carbonyl (C=O) groups excluding carboxylic acids is 3. The summed E-state index contributed by atoms with van der Waals surface area (Å²) in [6.45, 7) is 5.80. The summed E-state index contributed by atoms with van der Waals surface area (Å²) in [5.74, 6) is -1.28. The van der Waals surface area contributed by atoms with Crippen molar-refractivity contribution in [3.8, 4) is 5.75 Å². The highest BCUT2D eigenvalue weighted by molar-refractivity contribution is 6.53. The van der Waals surface area contributed by atoms with Gasteiger partial charge < -0.3 is 10.1 Å². The number of esters is 1. The molecule has 0 atom stereocenters. The Morgan fingerprint density at radius 1 is 0.919 bits per heavy atom. The molecule has 3 aromatic rings. The summed E-state index contributed by atoms with van der Waals surface area (Å²) in [6.07, 6.45) is 3.09. The van der Waals surface area contributed by atoms with Gasteiger partial charge in [0.1, 0.15) is 16.5 Å². The van der Waals surface area contributed by atoms with Crippen LogP contribution in [0.25, 0.3) is 0 Å². The van der Waals surface area contributed by atoms with Crippen molar-refractivity contribution < 1.29 is 19.1 Å². The van der Waals surface area contributed by atoms with Crippen LogP contribution in [-0.4, -0.2) is 17.8 Å². The van der Waals surface area contributed by atoms with Crippen LogP contribution in [0.3, 0.4) is 0 Å². The van der Waals surface area contributed by atoms with Crippen molar-refractivity contribution in [3.63, 3.8) is 0 Å². The third kappa shape index (κ3) is 5.71. The van der Waals surface area contributed by atoms with E-state index >= 15 is 0 Å². The smallest absolute Gasteiger partial charge is 0.343 e. The number of unbranched alkanes of at least 4 members (excludes halogenated alkanes) is 1. The van der Waals surface area contributed by atoms with Crippen molar-refractivity contribution in [3.05, 3.63) is 98.7 Å². The number of halogens is 2. The first-order valence-electron chi connectivity index (χ1n) is 11.9. The van der Waals surface area contributed by atoms with Crippen molar-refractivity contribution in [2.45, 2.75) is 40.0 Å². The average Bonchev–Trinajstić information content (AvgIpc) is 3.09. The lowest BCUT2D eigenvalue weighted by atomic mass is 10.1. The summed E-state index contributed by atoms with van der Waals surface area (Å²) in [5, 5.41) is 3.35. The van der Waals surface area contributed by atoms with E-state index in [0.29, 0.717) is 27.7 Å². The fourth-order valence-corrected chi connectivity index (χ4v) is 4.33. The molecule has 3 aromatic carbocycles. The zero-order valence-corrected chi connectivity index (χ0v) is 22.2. The molecular formula is C29H26Cl2N2O4. The van der Waals surface area contributed by atoms with Crippen molar-refractivity contribution in [2.24, 2.45) is 0 Å². The number of benzene rings is 3. The topological polar surface area (TPSA) is 75.7 Å². The summed E-state index contributed by atoms with van der Waals surface area (Å²) in [4.78, 5) is 39.5. The molecule has 0 radical (unpaired) electrons. The van der Waals surface area contributed by atoms with Gasteiger partial charge in [0.15, 0.2) is 0 Å². The Morgan fingerprint density at radius 3 is 2.14 bits per heavy atom. The Balaban J connectivity index is 1.44. The van der Waals surface area contributed by atoms with Gasteiger partial charge in [0.05, 0.1) is 11.3 Å². The zero-order chi connectivity index (χ0) is 26.7. The number of rotatable bonds is 8. The number of carbonyl (C=O) groups is 3. The van der Waals surface area contributed by atoms with E-state index in [1.807, 2.05) is 26.0 Å². The van der Waals surface area contributed by atoms with Gasteiger partial charge in [-0.25, -0.2) is 9.69 Å². The van der Waals surface area contributed by atoms with Gasteiger partial charge in [0, 0.05) is 10.7 Å². The maximum Gasteiger partial charge on any atom is 0.343 e. The summed E-state index contributed by atoms with van der Waals surface area (Å²) < 4.78 is 5.48. The van der Waals surface area contributed by atoms with E-state index in [1.165, 1.54) is 0 Å². The fourth-order valence-electron chi connectivity index (χ4n) is 4.00. The van der Waals surface area contributed by atoms with E-state index in [1.54, 1.807) is 48.5 Å². The summed E-state index contributed by atoms with van der Waals surface area (Å²) in [7, 11) is 0. The normalized spacial score (nSPS) is 13.4. The second-order valence-corrected chi connectivity index (χ2v) is 9.62. The van der Waals surface area contributed by atoms with E-state index in [9.17, 15) is 14.4 Å². The average molecular weight is 537 g/mol. The molecule has 6 nitrogen and oxygen atoms in total. The molecule has 0 aliphatic carbocycles.